The molecule has 0 spiro atoms. The van der Waals surface area contributed by atoms with Crippen molar-refractivity contribution in [2.24, 2.45) is 4.99 Å². The first-order chi connectivity index (χ1) is 8.67. The summed E-state index contributed by atoms with van der Waals surface area (Å²) in [5.41, 5.74) is -0.108. The SMILES string of the molecule is CCCCCCCCOC([O-])=C(NC)C([O-])=NC. The highest BCUT2D eigenvalue weighted by molar-refractivity contribution is 5.89. The molecule has 0 unspecified atom stereocenters. The molecule has 1 N–H and O–H groups in total. The number of rotatable bonds is 10. The number of aliphatic imine (C=N–C) groups is 1. The van der Waals surface area contributed by atoms with Gasteiger partial charge in [-0.1, -0.05) is 39.0 Å². The van der Waals surface area contributed by atoms with Crippen molar-refractivity contribution in [1.82, 2.24) is 5.32 Å². The van der Waals surface area contributed by atoms with Gasteiger partial charge in [0.1, 0.15) is 0 Å². The maximum Gasteiger partial charge on any atom is 0.0761 e. The van der Waals surface area contributed by atoms with Crippen LogP contribution in [0, 0.1) is 0 Å². The Bertz CT molecular complexity index is 275. The molecule has 5 nitrogen and oxygen atoms in total. The van der Waals surface area contributed by atoms with Gasteiger partial charge in [-0.3, -0.25) is 0 Å². The van der Waals surface area contributed by atoms with E-state index in [1.807, 2.05) is 0 Å². The summed E-state index contributed by atoms with van der Waals surface area (Å²) in [6, 6.07) is 0. The Balaban J connectivity index is 3.87. The van der Waals surface area contributed by atoms with Crippen LogP contribution >= 0.6 is 0 Å². The predicted octanol–water partition coefficient (Wildman–Crippen LogP) is 0.501. The maximum absolute atomic E-state index is 11.5. The summed E-state index contributed by atoms with van der Waals surface area (Å²) in [6.45, 7) is 2.53. The van der Waals surface area contributed by atoms with Crippen LogP contribution in [0.1, 0.15) is 45.4 Å². The van der Waals surface area contributed by atoms with Gasteiger partial charge < -0.3 is 25.3 Å². The first-order valence-corrected chi connectivity index (χ1v) is 6.53. The molecule has 0 fully saturated rings. The van der Waals surface area contributed by atoms with Gasteiger partial charge in [0.25, 0.3) is 0 Å². The standard InChI is InChI=1S/C13H26N2O3/c1-4-5-6-7-8-9-10-18-13(17)11(14-2)12(16)15-3/h14,17H,4-10H2,1-3H3,(H,15,16)/p-2. The van der Waals surface area contributed by atoms with Gasteiger partial charge in [0.05, 0.1) is 11.6 Å². The number of unbranched alkanes of at least 4 members (excludes halogenated alkanes) is 5. The minimum absolute atomic E-state index is 0.108. The molecule has 0 saturated carbocycles. The van der Waals surface area contributed by atoms with Gasteiger partial charge in [-0.15, -0.1) is 0 Å². The number of nitrogens with zero attached hydrogens (tertiary/aromatic N) is 1. The Morgan fingerprint density at radius 1 is 1.11 bits per heavy atom. The van der Waals surface area contributed by atoms with Crippen LogP contribution in [-0.2, 0) is 4.74 Å². The fourth-order valence-electron chi connectivity index (χ4n) is 1.53. The third kappa shape index (κ3) is 7.04. The van der Waals surface area contributed by atoms with E-state index in [2.05, 4.69) is 17.2 Å². The fraction of sp³-hybridized carbons (Fsp3) is 0.769. The minimum Gasteiger partial charge on any atom is -0.857 e. The van der Waals surface area contributed by atoms with E-state index in [0.717, 1.165) is 19.3 Å². The molecule has 0 aromatic heterocycles. The van der Waals surface area contributed by atoms with Crippen LogP contribution in [0.4, 0.5) is 0 Å². The number of likely N-dealkylation sites (N-methyl/N-ethyl adjacent to an activating group) is 1. The fourth-order valence-corrected chi connectivity index (χ4v) is 1.53. The molecule has 0 aromatic rings. The lowest BCUT2D eigenvalue weighted by Gasteiger charge is -2.23. The highest BCUT2D eigenvalue weighted by Gasteiger charge is 1.96. The Morgan fingerprint density at radius 2 is 1.72 bits per heavy atom. The second-order valence-electron chi connectivity index (χ2n) is 4.06. The van der Waals surface area contributed by atoms with E-state index in [9.17, 15) is 10.2 Å². The Labute approximate surface area is 110 Å². The van der Waals surface area contributed by atoms with Gasteiger partial charge in [0.15, 0.2) is 0 Å². The normalized spacial score (nSPS) is 13.2. The molecule has 0 bridgehead atoms. The molecule has 0 aliphatic heterocycles. The molecule has 0 rings (SSSR count). The summed E-state index contributed by atoms with van der Waals surface area (Å²) >= 11 is 0. The molecular formula is C13H24N2O3-2. The zero-order valence-electron chi connectivity index (χ0n) is 11.6. The molecule has 0 aliphatic rings. The van der Waals surface area contributed by atoms with E-state index in [-0.39, 0.29) is 5.70 Å². The van der Waals surface area contributed by atoms with Crippen molar-refractivity contribution in [2.45, 2.75) is 45.4 Å². The predicted molar refractivity (Wildman–Crippen MR) is 68.8 cm³/mol. The Kier molecular flexibility index (Phi) is 9.91. The average molecular weight is 256 g/mol. The van der Waals surface area contributed by atoms with Crippen LogP contribution in [0.25, 0.3) is 0 Å². The van der Waals surface area contributed by atoms with Crippen LogP contribution in [-0.4, -0.2) is 26.6 Å². The van der Waals surface area contributed by atoms with Crippen molar-refractivity contribution in [2.75, 3.05) is 20.7 Å². The maximum atomic E-state index is 11.5. The van der Waals surface area contributed by atoms with Crippen molar-refractivity contribution in [3.8, 4) is 0 Å². The number of ether oxygens (including phenoxy) is 1. The molecule has 18 heavy (non-hydrogen) atoms. The van der Waals surface area contributed by atoms with Gasteiger partial charge in [-0.05, 0) is 13.0 Å². The molecule has 0 aliphatic carbocycles. The molecule has 0 amide bonds. The summed E-state index contributed by atoms with van der Waals surface area (Å²) in [6.07, 6.45) is 6.75. The molecule has 0 aromatic carbocycles. The van der Waals surface area contributed by atoms with E-state index in [4.69, 9.17) is 4.74 Å². The summed E-state index contributed by atoms with van der Waals surface area (Å²) < 4.78 is 5.01. The molecule has 0 radical (unpaired) electrons. The highest BCUT2D eigenvalue weighted by Crippen LogP contribution is 2.06. The average Bonchev–Trinajstić information content (AvgIpc) is 2.38. The topological polar surface area (TPSA) is 79.7 Å². The monoisotopic (exact) mass is 256 g/mol. The van der Waals surface area contributed by atoms with Gasteiger partial charge in [-0.25, -0.2) is 0 Å². The molecular weight excluding hydrogens is 232 g/mol. The largest absolute Gasteiger partial charge is 0.857 e. The third-order valence-electron chi connectivity index (χ3n) is 2.60. The van der Waals surface area contributed by atoms with E-state index in [0.29, 0.717) is 6.61 Å². The molecule has 0 heterocycles. The first kappa shape index (κ1) is 16.6. The first-order valence-electron chi connectivity index (χ1n) is 6.53. The zero-order valence-corrected chi connectivity index (χ0v) is 11.6. The smallest absolute Gasteiger partial charge is 0.0761 e. The molecule has 0 saturated heterocycles. The minimum atomic E-state index is -0.623. The number of nitrogens with one attached hydrogen (secondary N) is 1. The van der Waals surface area contributed by atoms with Crippen molar-refractivity contribution in [3.05, 3.63) is 11.6 Å². The summed E-state index contributed by atoms with van der Waals surface area (Å²) in [5, 5.41) is 25.3. The second kappa shape index (κ2) is 10.7. The van der Waals surface area contributed by atoms with Crippen LogP contribution < -0.4 is 15.5 Å². The van der Waals surface area contributed by atoms with E-state index in [1.165, 1.54) is 33.4 Å². The lowest BCUT2D eigenvalue weighted by Crippen LogP contribution is -2.32. The van der Waals surface area contributed by atoms with Gasteiger partial charge in [-0.2, -0.15) is 0 Å². The summed E-state index contributed by atoms with van der Waals surface area (Å²) in [5.74, 6) is -1.20. The summed E-state index contributed by atoms with van der Waals surface area (Å²) in [4.78, 5) is 3.42. The quantitative estimate of drug-likeness (QED) is 0.267. The van der Waals surface area contributed by atoms with Gasteiger partial charge in [0, 0.05) is 20.0 Å². The van der Waals surface area contributed by atoms with E-state index >= 15 is 0 Å². The zero-order chi connectivity index (χ0) is 13.8. The van der Waals surface area contributed by atoms with Crippen LogP contribution in [0.5, 0.6) is 0 Å². The lowest BCUT2D eigenvalue weighted by atomic mass is 10.1. The van der Waals surface area contributed by atoms with Gasteiger partial charge >= 0.3 is 0 Å². The number of hydrogen-bond acceptors (Lipinski definition) is 5. The summed E-state index contributed by atoms with van der Waals surface area (Å²) in [7, 11) is 2.85. The highest BCUT2D eigenvalue weighted by atomic mass is 16.6. The van der Waals surface area contributed by atoms with E-state index in [1.54, 1.807) is 0 Å². The van der Waals surface area contributed by atoms with Crippen molar-refractivity contribution >= 4 is 5.90 Å². The van der Waals surface area contributed by atoms with E-state index < -0.39 is 11.8 Å². The van der Waals surface area contributed by atoms with Crippen molar-refractivity contribution in [1.29, 1.82) is 0 Å². The van der Waals surface area contributed by atoms with Crippen LogP contribution in [0.2, 0.25) is 0 Å². The Morgan fingerprint density at radius 3 is 2.28 bits per heavy atom. The van der Waals surface area contributed by atoms with Crippen LogP contribution in [0.15, 0.2) is 16.6 Å². The second-order valence-corrected chi connectivity index (χ2v) is 4.06. The van der Waals surface area contributed by atoms with Crippen molar-refractivity contribution in [3.63, 3.8) is 0 Å². The third-order valence-corrected chi connectivity index (χ3v) is 2.60. The number of hydrogen-bond donors (Lipinski definition) is 1. The lowest BCUT2D eigenvalue weighted by molar-refractivity contribution is -0.359. The van der Waals surface area contributed by atoms with Gasteiger partial charge in [0.2, 0.25) is 0 Å². The molecule has 5 heteroatoms. The Hall–Kier alpha value is -1.39. The molecule has 0 atom stereocenters. The molecule has 106 valence electrons. The van der Waals surface area contributed by atoms with Crippen LogP contribution in [0.3, 0.4) is 0 Å². The van der Waals surface area contributed by atoms with Crippen molar-refractivity contribution < 1.29 is 14.9 Å².